The summed E-state index contributed by atoms with van der Waals surface area (Å²) in [5, 5.41) is 9.08. The van der Waals surface area contributed by atoms with Crippen molar-refractivity contribution >= 4 is 19.7 Å². The van der Waals surface area contributed by atoms with E-state index in [0.29, 0.717) is 12.8 Å². The van der Waals surface area contributed by atoms with Gasteiger partial charge in [-0.25, -0.2) is 16.8 Å². The minimum Gasteiger partial charge on any atom is -0.377 e. The Hall–Kier alpha value is -0.140. The van der Waals surface area contributed by atoms with E-state index in [1.807, 2.05) is 0 Å². The van der Waals surface area contributed by atoms with Gasteiger partial charge in [-0.3, -0.25) is 0 Å². The zero-order valence-corrected chi connectivity index (χ0v) is 9.94. The van der Waals surface area contributed by atoms with Crippen LogP contribution in [0.4, 0.5) is 0 Å². The molecule has 0 bridgehead atoms. The second-order valence-corrected chi connectivity index (χ2v) is 7.87. The molecule has 0 aliphatic carbocycles. The van der Waals surface area contributed by atoms with Crippen LogP contribution in [0.5, 0.6) is 0 Å². The Morgan fingerprint density at radius 2 is 1.57 bits per heavy atom. The van der Waals surface area contributed by atoms with E-state index < -0.39 is 25.1 Å². The lowest BCUT2D eigenvalue weighted by atomic mass is 10.3. The zero-order valence-electron chi connectivity index (χ0n) is 8.30. The molecule has 0 aliphatic rings. The summed E-state index contributed by atoms with van der Waals surface area (Å²) < 4.78 is 42.9. The molecule has 0 amide bonds. The Morgan fingerprint density at radius 3 is 1.93 bits per heavy atom. The van der Waals surface area contributed by atoms with E-state index in [-0.39, 0.29) is 12.2 Å². The molecule has 1 unspecified atom stereocenters. The minimum atomic E-state index is -3.41. The first-order valence-electron chi connectivity index (χ1n) is 4.17. The van der Waals surface area contributed by atoms with Crippen LogP contribution in [0.15, 0.2) is 0 Å². The van der Waals surface area contributed by atoms with Crippen LogP contribution in [-0.2, 0) is 19.7 Å². The van der Waals surface area contributed by atoms with Crippen molar-refractivity contribution in [2.45, 2.75) is 24.7 Å². The smallest absolute Gasteiger partial charge is 0.173 e. The first kappa shape index (κ1) is 13.9. The molecule has 0 radical (unpaired) electrons. The highest BCUT2D eigenvalue weighted by molar-refractivity contribution is 7.91. The molecular formula is C7H16O5S2. The van der Waals surface area contributed by atoms with Crippen molar-refractivity contribution in [3.05, 3.63) is 0 Å². The predicted octanol–water partition coefficient (Wildman–Crippen LogP) is -0.436. The van der Waals surface area contributed by atoms with Crippen LogP contribution >= 0.6 is 0 Å². The zero-order chi connectivity index (χ0) is 11.4. The van der Waals surface area contributed by atoms with Gasteiger partial charge in [0.05, 0.1) is 0 Å². The predicted molar refractivity (Wildman–Crippen MR) is 54.4 cm³/mol. The standard InChI is InChI=1S/C7H16O5S2/c1-13(9,10)6-4-3-5-7(8)14(2,11)12/h7-8H,3-6H2,1-2H3. The Kier molecular flexibility index (Phi) is 5.03. The van der Waals surface area contributed by atoms with E-state index in [4.69, 9.17) is 5.11 Å². The summed E-state index contributed by atoms with van der Waals surface area (Å²) in [5.74, 6) is 0.0312. The maximum absolute atomic E-state index is 10.8. The fourth-order valence-electron chi connectivity index (χ4n) is 0.897. The molecule has 0 saturated carbocycles. The summed E-state index contributed by atoms with van der Waals surface area (Å²) in [4.78, 5) is 0. The summed E-state index contributed by atoms with van der Waals surface area (Å²) >= 11 is 0. The Balaban J connectivity index is 3.78. The highest BCUT2D eigenvalue weighted by atomic mass is 32.2. The third kappa shape index (κ3) is 7.28. The molecule has 14 heavy (non-hydrogen) atoms. The summed E-state index contributed by atoms with van der Waals surface area (Å²) in [6.45, 7) is 0. The summed E-state index contributed by atoms with van der Waals surface area (Å²) in [7, 11) is -6.40. The van der Waals surface area contributed by atoms with Crippen molar-refractivity contribution in [2.75, 3.05) is 18.3 Å². The van der Waals surface area contributed by atoms with E-state index >= 15 is 0 Å². The van der Waals surface area contributed by atoms with E-state index in [0.717, 1.165) is 12.5 Å². The number of hydrogen-bond acceptors (Lipinski definition) is 5. The highest BCUT2D eigenvalue weighted by Crippen LogP contribution is 2.07. The van der Waals surface area contributed by atoms with Gasteiger partial charge in [0.25, 0.3) is 0 Å². The molecule has 0 aromatic carbocycles. The highest BCUT2D eigenvalue weighted by Gasteiger charge is 2.16. The SMILES string of the molecule is CS(=O)(=O)CCCCC(O)S(C)(=O)=O. The van der Waals surface area contributed by atoms with Gasteiger partial charge >= 0.3 is 0 Å². The summed E-state index contributed by atoms with van der Waals surface area (Å²) in [6.07, 6.45) is 2.94. The summed E-state index contributed by atoms with van der Waals surface area (Å²) in [6, 6.07) is 0. The fourth-order valence-corrected chi connectivity index (χ4v) is 2.22. The van der Waals surface area contributed by atoms with Gasteiger partial charge in [0.2, 0.25) is 0 Å². The van der Waals surface area contributed by atoms with Gasteiger partial charge in [-0.15, -0.1) is 0 Å². The normalized spacial score (nSPS) is 15.4. The maximum Gasteiger partial charge on any atom is 0.173 e. The van der Waals surface area contributed by atoms with Crippen LogP contribution in [0, 0.1) is 0 Å². The van der Waals surface area contributed by atoms with Crippen LogP contribution in [0.3, 0.4) is 0 Å². The van der Waals surface area contributed by atoms with Crippen molar-refractivity contribution in [3.8, 4) is 0 Å². The maximum atomic E-state index is 10.8. The molecule has 0 fully saturated rings. The lowest BCUT2D eigenvalue weighted by Crippen LogP contribution is -2.19. The van der Waals surface area contributed by atoms with E-state index in [1.165, 1.54) is 0 Å². The van der Waals surface area contributed by atoms with Crippen LogP contribution in [0.1, 0.15) is 19.3 Å². The Labute approximate surface area is 85.0 Å². The van der Waals surface area contributed by atoms with E-state index in [9.17, 15) is 16.8 Å². The molecule has 1 N–H and O–H groups in total. The Morgan fingerprint density at radius 1 is 1.07 bits per heavy atom. The molecule has 5 nitrogen and oxygen atoms in total. The van der Waals surface area contributed by atoms with Crippen molar-refractivity contribution < 1.29 is 21.9 Å². The molecule has 0 aliphatic heterocycles. The number of rotatable bonds is 6. The van der Waals surface area contributed by atoms with Crippen molar-refractivity contribution in [1.29, 1.82) is 0 Å². The van der Waals surface area contributed by atoms with E-state index in [2.05, 4.69) is 0 Å². The first-order chi connectivity index (χ1) is 6.13. The molecule has 7 heteroatoms. The number of aliphatic hydroxyl groups excluding tert-OH is 1. The molecule has 0 aromatic rings. The first-order valence-corrected chi connectivity index (χ1v) is 8.19. The minimum absolute atomic E-state index is 0.0312. The number of aliphatic hydroxyl groups is 1. The lowest BCUT2D eigenvalue weighted by Gasteiger charge is -2.07. The second kappa shape index (κ2) is 5.09. The van der Waals surface area contributed by atoms with Crippen molar-refractivity contribution in [1.82, 2.24) is 0 Å². The third-order valence-electron chi connectivity index (χ3n) is 1.71. The van der Waals surface area contributed by atoms with E-state index in [1.54, 1.807) is 0 Å². The van der Waals surface area contributed by atoms with Crippen LogP contribution in [-0.4, -0.2) is 45.6 Å². The third-order valence-corrected chi connectivity index (χ3v) is 3.96. The van der Waals surface area contributed by atoms with Gasteiger partial charge in [0.1, 0.15) is 9.84 Å². The molecule has 86 valence electrons. The molecule has 0 heterocycles. The van der Waals surface area contributed by atoms with Gasteiger partial charge < -0.3 is 5.11 Å². The lowest BCUT2D eigenvalue weighted by molar-refractivity contribution is 0.235. The van der Waals surface area contributed by atoms with Crippen LogP contribution < -0.4 is 0 Å². The van der Waals surface area contributed by atoms with Gasteiger partial charge in [0, 0.05) is 18.3 Å². The molecular weight excluding hydrogens is 228 g/mol. The van der Waals surface area contributed by atoms with Crippen molar-refractivity contribution in [3.63, 3.8) is 0 Å². The fraction of sp³-hybridized carbons (Fsp3) is 1.00. The molecule has 1 atom stereocenters. The molecule has 0 rings (SSSR count). The molecule has 0 aromatic heterocycles. The number of unbranched alkanes of at least 4 members (excludes halogenated alkanes) is 1. The average molecular weight is 244 g/mol. The monoisotopic (exact) mass is 244 g/mol. The largest absolute Gasteiger partial charge is 0.377 e. The van der Waals surface area contributed by atoms with Gasteiger partial charge in [0.15, 0.2) is 15.3 Å². The summed E-state index contributed by atoms with van der Waals surface area (Å²) in [5.41, 5.74) is -1.37. The van der Waals surface area contributed by atoms with Crippen molar-refractivity contribution in [2.24, 2.45) is 0 Å². The molecule has 0 spiro atoms. The van der Waals surface area contributed by atoms with Crippen LogP contribution in [0.2, 0.25) is 0 Å². The van der Waals surface area contributed by atoms with Gasteiger partial charge in [-0.1, -0.05) is 0 Å². The number of sulfone groups is 2. The van der Waals surface area contributed by atoms with Gasteiger partial charge in [-0.05, 0) is 19.3 Å². The quantitative estimate of drug-likeness (QED) is 0.640. The second-order valence-electron chi connectivity index (χ2n) is 3.41. The van der Waals surface area contributed by atoms with Crippen LogP contribution in [0.25, 0.3) is 0 Å². The molecule has 0 saturated heterocycles. The van der Waals surface area contributed by atoms with Gasteiger partial charge in [-0.2, -0.15) is 0 Å². The average Bonchev–Trinajstić information content (AvgIpc) is 1.93. The Bertz CT molecular complexity index is 354. The topological polar surface area (TPSA) is 88.5 Å². The number of hydrogen-bond donors (Lipinski definition) is 1.